The first kappa shape index (κ1) is 26.1. The topological polar surface area (TPSA) is 58.2 Å². The van der Waals surface area contributed by atoms with Gasteiger partial charge in [0, 0.05) is 17.4 Å². The number of carbonyl (C=O) groups is 2. The Morgan fingerprint density at radius 3 is 2.38 bits per heavy atom. The maximum atomic E-state index is 13.6. The van der Waals surface area contributed by atoms with E-state index in [9.17, 15) is 35.9 Å². The molecule has 7 atom stereocenters. The van der Waals surface area contributed by atoms with Gasteiger partial charge in [-0.1, -0.05) is 19.9 Å². The van der Waals surface area contributed by atoms with E-state index < -0.39 is 46.4 Å². The Hall–Kier alpha value is -2.52. The summed E-state index contributed by atoms with van der Waals surface area (Å²) in [5, 5.41) is 5.33. The molecule has 2 amide bonds. The number of benzene rings is 1. The molecule has 4 nitrogen and oxygen atoms in total. The number of alkyl halides is 6. The number of halogens is 6. The number of hydrogen-bond acceptors (Lipinski definition) is 2. The molecular weight excluding hydrogens is 498 g/mol. The van der Waals surface area contributed by atoms with Crippen molar-refractivity contribution >= 4 is 17.5 Å². The molecule has 0 aromatic heterocycles. The van der Waals surface area contributed by atoms with Crippen LogP contribution < -0.4 is 10.6 Å². The first-order chi connectivity index (χ1) is 17.1. The van der Waals surface area contributed by atoms with Gasteiger partial charge in [-0.2, -0.15) is 26.3 Å². The normalized spacial score (nSPS) is 37.3. The second kappa shape index (κ2) is 8.50. The third-order valence-corrected chi connectivity index (χ3v) is 9.91. The molecule has 202 valence electrons. The summed E-state index contributed by atoms with van der Waals surface area (Å²) in [4.78, 5) is 25.3. The highest BCUT2D eigenvalue weighted by Gasteiger charge is 2.61. The van der Waals surface area contributed by atoms with Crippen LogP contribution >= 0.6 is 0 Å². The van der Waals surface area contributed by atoms with E-state index in [-0.39, 0.29) is 23.3 Å². The Balaban J connectivity index is 1.40. The van der Waals surface area contributed by atoms with Gasteiger partial charge >= 0.3 is 12.4 Å². The van der Waals surface area contributed by atoms with E-state index in [2.05, 4.69) is 17.6 Å². The molecule has 5 rings (SSSR count). The molecule has 1 aromatic carbocycles. The zero-order valence-corrected chi connectivity index (χ0v) is 20.6. The summed E-state index contributed by atoms with van der Waals surface area (Å²) in [5.74, 6) is -0.555. The second-order valence-corrected chi connectivity index (χ2v) is 11.6. The summed E-state index contributed by atoms with van der Waals surface area (Å²) in [6, 6.07) is 1.18. The van der Waals surface area contributed by atoms with E-state index >= 15 is 0 Å². The van der Waals surface area contributed by atoms with Crippen LogP contribution in [0.25, 0.3) is 0 Å². The lowest BCUT2D eigenvalue weighted by molar-refractivity contribution is -0.141. The zero-order valence-electron chi connectivity index (χ0n) is 20.6. The molecule has 0 bridgehead atoms. The standard InChI is InChI=1S/C27H30F6N2O2/c1-24-11-9-17-15(4-8-21-25(17,2)12-10-22(36)35-21)16(24)6-7-19(24)23(37)34-20-13-14(26(28,29)30)3-5-18(20)27(31,32)33/h3,5,10,12-13,15-17,19,21H,4,6-9,11H2,1-2H3,(H,34,37)(H,35,36)/t15?,16?,17?,19-,21?,24+,25-/m0/s1. The van der Waals surface area contributed by atoms with Gasteiger partial charge in [-0.15, -0.1) is 0 Å². The molecule has 1 heterocycles. The van der Waals surface area contributed by atoms with Crippen LogP contribution in [-0.4, -0.2) is 17.9 Å². The maximum Gasteiger partial charge on any atom is 0.418 e. The van der Waals surface area contributed by atoms with Crippen molar-refractivity contribution in [3.8, 4) is 0 Å². The summed E-state index contributed by atoms with van der Waals surface area (Å²) in [6.07, 6.45) is -1.73. The summed E-state index contributed by atoms with van der Waals surface area (Å²) < 4.78 is 80.4. The van der Waals surface area contributed by atoms with Gasteiger partial charge in [0.05, 0.1) is 16.8 Å². The molecule has 0 spiro atoms. The Bertz CT molecular complexity index is 1140. The third kappa shape index (κ3) is 4.24. The second-order valence-electron chi connectivity index (χ2n) is 11.6. The van der Waals surface area contributed by atoms with Crippen LogP contribution in [0.1, 0.15) is 63.5 Å². The lowest BCUT2D eigenvalue weighted by Gasteiger charge is -2.58. The van der Waals surface area contributed by atoms with Crippen LogP contribution in [-0.2, 0) is 21.9 Å². The van der Waals surface area contributed by atoms with Gasteiger partial charge in [-0.25, -0.2) is 0 Å². The SMILES string of the molecule is C[C@@]12C=CC(=O)NC1CCC1C2CC[C@]2(C)C1CC[C@H]2C(=O)Nc1cc(C(F)(F)F)ccc1C(F)(F)F. The van der Waals surface area contributed by atoms with Crippen molar-refractivity contribution in [3.63, 3.8) is 0 Å². The molecule has 3 saturated carbocycles. The molecule has 2 N–H and O–H groups in total. The van der Waals surface area contributed by atoms with E-state index in [1.807, 2.05) is 13.0 Å². The molecule has 1 aliphatic heterocycles. The molecule has 0 saturated heterocycles. The summed E-state index contributed by atoms with van der Waals surface area (Å²) in [6.45, 7) is 4.17. The smallest absolute Gasteiger partial charge is 0.349 e. The van der Waals surface area contributed by atoms with Crippen molar-refractivity contribution in [3.05, 3.63) is 41.5 Å². The van der Waals surface area contributed by atoms with Crippen molar-refractivity contribution in [2.75, 3.05) is 5.32 Å². The molecule has 4 aliphatic rings. The molecule has 0 radical (unpaired) electrons. The quantitative estimate of drug-likeness (QED) is 0.427. The van der Waals surface area contributed by atoms with E-state index in [0.29, 0.717) is 42.9 Å². The average molecular weight is 529 g/mol. The van der Waals surface area contributed by atoms with Crippen LogP contribution in [0.4, 0.5) is 32.0 Å². The number of rotatable bonds is 2. The Morgan fingerprint density at radius 1 is 0.973 bits per heavy atom. The largest absolute Gasteiger partial charge is 0.418 e. The fourth-order valence-corrected chi connectivity index (χ4v) is 8.06. The minimum absolute atomic E-state index is 0.0535. The molecular formula is C27H30F6N2O2. The monoisotopic (exact) mass is 528 g/mol. The summed E-state index contributed by atoms with van der Waals surface area (Å²) >= 11 is 0. The molecule has 37 heavy (non-hydrogen) atoms. The number of fused-ring (bicyclic) bond motifs is 5. The Morgan fingerprint density at radius 2 is 1.70 bits per heavy atom. The highest BCUT2D eigenvalue weighted by atomic mass is 19.4. The highest BCUT2D eigenvalue weighted by Crippen LogP contribution is 2.65. The van der Waals surface area contributed by atoms with E-state index in [1.165, 1.54) is 0 Å². The van der Waals surface area contributed by atoms with Crippen molar-refractivity contribution < 1.29 is 35.9 Å². The van der Waals surface area contributed by atoms with Gasteiger partial charge in [0.25, 0.3) is 0 Å². The maximum absolute atomic E-state index is 13.6. The van der Waals surface area contributed by atoms with Crippen LogP contribution in [0.5, 0.6) is 0 Å². The first-order valence-electron chi connectivity index (χ1n) is 12.7. The minimum Gasteiger partial charge on any atom is -0.349 e. The lowest BCUT2D eigenvalue weighted by Crippen LogP contribution is -2.59. The van der Waals surface area contributed by atoms with Gasteiger partial charge in [-0.05, 0) is 86.0 Å². The minimum atomic E-state index is -4.91. The number of carbonyl (C=O) groups excluding carboxylic acids is 2. The van der Waals surface area contributed by atoms with Crippen molar-refractivity contribution in [1.82, 2.24) is 5.32 Å². The van der Waals surface area contributed by atoms with Gasteiger partial charge in [0.15, 0.2) is 0 Å². The fraction of sp³-hybridized carbons (Fsp3) is 0.630. The number of amides is 2. The fourth-order valence-electron chi connectivity index (χ4n) is 8.06. The predicted octanol–water partition coefficient (Wildman–Crippen LogP) is 6.58. The van der Waals surface area contributed by atoms with E-state index in [1.54, 1.807) is 6.08 Å². The van der Waals surface area contributed by atoms with Crippen LogP contribution in [0, 0.1) is 34.5 Å². The molecule has 4 unspecified atom stereocenters. The average Bonchev–Trinajstić information content (AvgIpc) is 3.15. The Labute approximate surface area is 211 Å². The van der Waals surface area contributed by atoms with Crippen LogP contribution in [0.2, 0.25) is 0 Å². The van der Waals surface area contributed by atoms with Crippen molar-refractivity contribution in [2.24, 2.45) is 34.5 Å². The molecule has 1 aromatic rings. The van der Waals surface area contributed by atoms with Crippen LogP contribution in [0.15, 0.2) is 30.4 Å². The van der Waals surface area contributed by atoms with E-state index in [0.717, 1.165) is 25.7 Å². The highest BCUT2D eigenvalue weighted by molar-refractivity contribution is 5.94. The summed E-state index contributed by atoms with van der Waals surface area (Å²) in [7, 11) is 0. The summed E-state index contributed by atoms with van der Waals surface area (Å²) in [5.41, 5.74) is -4.06. The molecule has 3 fully saturated rings. The Kier molecular flexibility index (Phi) is 5.99. The zero-order chi connectivity index (χ0) is 27.0. The van der Waals surface area contributed by atoms with Crippen molar-refractivity contribution in [1.29, 1.82) is 0 Å². The van der Waals surface area contributed by atoms with Gasteiger partial charge in [0.2, 0.25) is 11.8 Å². The number of anilines is 1. The number of hydrogen-bond donors (Lipinski definition) is 2. The molecule has 3 aliphatic carbocycles. The number of nitrogens with one attached hydrogen (secondary N) is 2. The van der Waals surface area contributed by atoms with Crippen molar-refractivity contribution in [2.45, 2.75) is 70.8 Å². The third-order valence-electron chi connectivity index (χ3n) is 9.91. The van der Waals surface area contributed by atoms with Gasteiger partial charge in [0.1, 0.15) is 0 Å². The molecule has 10 heteroatoms. The van der Waals surface area contributed by atoms with Gasteiger partial charge in [-0.3, -0.25) is 9.59 Å². The lowest BCUT2D eigenvalue weighted by atomic mass is 9.48. The van der Waals surface area contributed by atoms with E-state index in [4.69, 9.17) is 0 Å². The predicted molar refractivity (Wildman–Crippen MR) is 124 cm³/mol. The van der Waals surface area contributed by atoms with Gasteiger partial charge < -0.3 is 10.6 Å². The van der Waals surface area contributed by atoms with Crippen LogP contribution in [0.3, 0.4) is 0 Å². The first-order valence-corrected chi connectivity index (χ1v) is 12.7.